The number of anilines is 2. The molecule has 1 aromatic carbocycles. The van der Waals surface area contributed by atoms with Gasteiger partial charge in [-0.25, -0.2) is 0 Å². The minimum Gasteiger partial charge on any atom is -0.399 e. The highest BCUT2D eigenvalue weighted by molar-refractivity contribution is 6.33. The Hall–Kier alpha value is -0.930. The Labute approximate surface area is 102 Å². The van der Waals surface area contributed by atoms with Crippen LogP contribution >= 0.6 is 11.6 Å². The van der Waals surface area contributed by atoms with Crippen molar-refractivity contribution >= 4 is 23.0 Å². The normalized spacial score (nSPS) is 14.5. The highest BCUT2D eigenvalue weighted by atomic mass is 35.5. The third-order valence-corrected chi connectivity index (χ3v) is 3.19. The summed E-state index contributed by atoms with van der Waals surface area (Å²) in [7, 11) is 0. The molecule has 0 aliphatic rings. The van der Waals surface area contributed by atoms with Crippen LogP contribution in [0.15, 0.2) is 18.2 Å². The SMILES string of the molecule is CCC(C)(CCO)Nc1ccc(N)cc1Cl. The summed E-state index contributed by atoms with van der Waals surface area (Å²) in [6.07, 6.45) is 1.60. The van der Waals surface area contributed by atoms with Crippen molar-refractivity contribution in [2.75, 3.05) is 17.7 Å². The van der Waals surface area contributed by atoms with Crippen molar-refractivity contribution in [2.24, 2.45) is 0 Å². The zero-order chi connectivity index (χ0) is 12.2. The highest BCUT2D eigenvalue weighted by Gasteiger charge is 2.21. The van der Waals surface area contributed by atoms with Crippen molar-refractivity contribution in [3.63, 3.8) is 0 Å². The van der Waals surface area contributed by atoms with Gasteiger partial charge in [0.25, 0.3) is 0 Å². The van der Waals surface area contributed by atoms with Gasteiger partial charge in [0.05, 0.1) is 10.7 Å². The van der Waals surface area contributed by atoms with Crippen LogP contribution in [0.3, 0.4) is 0 Å². The molecule has 0 bridgehead atoms. The molecule has 0 saturated carbocycles. The Morgan fingerprint density at radius 1 is 1.50 bits per heavy atom. The number of aliphatic hydroxyl groups is 1. The number of nitrogens with one attached hydrogen (secondary N) is 1. The maximum Gasteiger partial charge on any atom is 0.0658 e. The smallest absolute Gasteiger partial charge is 0.0658 e. The van der Waals surface area contributed by atoms with Crippen LogP contribution in [0.4, 0.5) is 11.4 Å². The number of halogens is 1. The summed E-state index contributed by atoms with van der Waals surface area (Å²) in [4.78, 5) is 0. The summed E-state index contributed by atoms with van der Waals surface area (Å²) < 4.78 is 0. The van der Waals surface area contributed by atoms with Crippen LogP contribution in [-0.2, 0) is 0 Å². The number of rotatable bonds is 5. The zero-order valence-corrected chi connectivity index (χ0v) is 10.5. The van der Waals surface area contributed by atoms with Gasteiger partial charge in [0.2, 0.25) is 0 Å². The molecule has 4 N–H and O–H groups in total. The molecule has 0 aliphatic heterocycles. The molecule has 16 heavy (non-hydrogen) atoms. The van der Waals surface area contributed by atoms with Crippen molar-refractivity contribution in [2.45, 2.75) is 32.2 Å². The molecule has 0 aromatic heterocycles. The predicted molar refractivity (Wildman–Crippen MR) is 69.9 cm³/mol. The number of aliphatic hydroxyl groups excluding tert-OH is 1. The largest absolute Gasteiger partial charge is 0.399 e. The van der Waals surface area contributed by atoms with E-state index in [1.807, 2.05) is 12.1 Å². The van der Waals surface area contributed by atoms with Gasteiger partial charge < -0.3 is 16.2 Å². The molecule has 0 heterocycles. The third kappa shape index (κ3) is 3.29. The topological polar surface area (TPSA) is 58.3 Å². The number of nitrogens with two attached hydrogens (primary N) is 1. The lowest BCUT2D eigenvalue weighted by Gasteiger charge is -2.30. The summed E-state index contributed by atoms with van der Waals surface area (Å²) in [6, 6.07) is 5.39. The fourth-order valence-electron chi connectivity index (χ4n) is 1.53. The van der Waals surface area contributed by atoms with E-state index in [0.717, 1.165) is 12.1 Å². The van der Waals surface area contributed by atoms with Gasteiger partial charge in [0.1, 0.15) is 0 Å². The molecular formula is C12H19ClN2O. The van der Waals surface area contributed by atoms with E-state index in [1.54, 1.807) is 6.07 Å². The molecule has 1 unspecified atom stereocenters. The highest BCUT2D eigenvalue weighted by Crippen LogP contribution is 2.29. The van der Waals surface area contributed by atoms with Crippen molar-refractivity contribution < 1.29 is 5.11 Å². The van der Waals surface area contributed by atoms with E-state index in [0.29, 0.717) is 17.1 Å². The van der Waals surface area contributed by atoms with E-state index < -0.39 is 0 Å². The third-order valence-electron chi connectivity index (χ3n) is 2.87. The summed E-state index contributed by atoms with van der Waals surface area (Å²) in [5.74, 6) is 0. The van der Waals surface area contributed by atoms with Gasteiger partial charge in [-0.05, 0) is 38.0 Å². The number of nitrogen functional groups attached to an aromatic ring is 1. The molecule has 3 nitrogen and oxygen atoms in total. The van der Waals surface area contributed by atoms with Crippen LogP contribution in [0.25, 0.3) is 0 Å². The maximum atomic E-state index is 9.03. The van der Waals surface area contributed by atoms with Gasteiger partial charge in [-0.3, -0.25) is 0 Å². The first-order valence-electron chi connectivity index (χ1n) is 5.45. The number of benzene rings is 1. The summed E-state index contributed by atoms with van der Waals surface area (Å²) >= 11 is 6.09. The van der Waals surface area contributed by atoms with Crippen molar-refractivity contribution in [3.05, 3.63) is 23.2 Å². The molecule has 0 saturated heterocycles. The lowest BCUT2D eigenvalue weighted by atomic mass is 9.94. The summed E-state index contributed by atoms with van der Waals surface area (Å²) in [5, 5.41) is 13.0. The second kappa shape index (κ2) is 5.41. The zero-order valence-electron chi connectivity index (χ0n) is 9.76. The van der Waals surface area contributed by atoms with E-state index >= 15 is 0 Å². The van der Waals surface area contributed by atoms with Gasteiger partial charge in [0.15, 0.2) is 0 Å². The molecule has 1 rings (SSSR count). The Kier molecular flexibility index (Phi) is 4.44. The number of hydrogen-bond acceptors (Lipinski definition) is 3. The average Bonchev–Trinajstić information content (AvgIpc) is 2.23. The maximum absolute atomic E-state index is 9.03. The quantitative estimate of drug-likeness (QED) is 0.696. The first kappa shape index (κ1) is 13.1. The fourth-order valence-corrected chi connectivity index (χ4v) is 1.77. The number of hydrogen-bond donors (Lipinski definition) is 3. The first-order chi connectivity index (χ1) is 7.50. The van der Waals surface area contributed by atoms with Gasteiger partial charge in [-0.15, -0.1) is 0 Å². The molecule has 4 heteroatoms. The van der Waals surface area contributed by atoms with E-state index in [-0.39, 0.29) is 12.1 Å². The average molecular weight is 243 g/mol. The van der Waals surface area contributed by atoms with E-state index in [2.05, 4.69) is 19.2 Å². The Balaban J connectivity index is 2.85. The molecule has 0 radical (unpaired) electrons. The minimum atomic E-state index is -0.144. The van der Waals surface area contributed by atoms with Crippen LogP contribution in [0.5, 0.6) is 0 Å². The van der Waals surface area contributed by atoms with Crippen molar-refractivity contribution in [3.8, 4) is 0 Å². The summed E-state index contributed by atoms with van der Waals surface area (Å²) in [6.45, 7) is 4.30. The van der Waals surface area contributed by atoms with Crippen LogP contribution in [0.2, 0.25) is 5.02 Å². The molecule has 1 aromatic rings. The minimum absolute atomic E-state index is 0.144. The van der Waals surface area contributed by atoms with E-state index in [9.17, 15) is 0 Å². The van der Waals surface area contributed by atoms with Crippen molar-refractivity contribution in [1.82, 2.24) is 0 Å². The van der Waals surface area contributed by atoms with Crippen LogP contribution in [-0.4, -0.2) is 17.3 Å². The molecule has 0 amide bonds. The Morgan fingerprint density at radius 2 is 2.19 bits per heavy atom. The Morgan fingerprint density at radius 3 is 2.69 bits per heavy atom. The monoisotopic (exact) mass is 242 g/mol. The molecule has 0 aliphatic carbocycles. The summed E-state index contributed by atoms with van der Waals surface area (Å²) in [5.41, 5.74) is 6.99. The van der Waals surface area contributed by atoms with Crippen molar-refractivity contribution in [1.29, 1.82) is 0 Å². The molecule has 90 valence electrons. The van der Waals surface area contributed by atoms with E-state index in [1.165, 1.54) is 0 Å². The van der Waals surface area contributed by atoms with E-state index in [4.69, 9.17) is 22.4 Å². The lowest BCUT2D eigenvalue weighted by Crippen LogP contribution is -2.35. The second-order valence-electron chi connectivity index (χ2n) is 4.25. The van der Waals surface area contributed by atoms with Gasteiger partial charge >= 0.3 is 0 Å². The van der Waals surface area contributed by atoms with Gasteiger partial charge in [-0.1, -0.05) is 18.5 Å². The predicted octanol–water partition coefficient (Wildman–Crippen LogP) is 2.89. The fraction of sp³-hybridized carbons (Fsp3) is 0.500. The first-order valence-corrected chi connectivity index (χ1v) is 5.82. The molecule has 0 fully saturated rings. The van der Waals surface area contributed by atoms with Crippen LogP contribution < -0.4 is 11.1 Å². The second-order valence-corrected chi connectivity index (χ2v) is 4.66. The standard InChI is InChI=1S/C12H19ClN2O/c1-3-12(2,6-7-16)15-11-5-4-9(14)8-10(11)13/h4-5,8,15-16H,3,6-7,14H2,1-2H3. The van der Waals surface area contributed by atoms with Crippen LogP contribution in [0.1, 0.15) is 26.7 Å². The van der Waals surface area contributed by atoms with Crippen LogP contribution in [0, 0.1) is 0 Å². The molecule has 1 atom stereocenters. The van der Waals surface area contributed by atoms with Gasteiger partial charge in [0, 0.05) is 17.8 Å². The molecular weight excluding hydrogens is 224 g/mol. The Bertz CT molecular complexity index is 357. The molecule has 0 spiro atoms. The van der Waals surface area contributed by atoms with Gasteiger partial charge in [-0.2, -0.15) is 0 Å². The lowest BCUT2D eigenvalue weighted by molar-refractivity contribution is 0.252.